The molecule has 1 aliphatic rings. The maximum Gasteiger partial charge on any atom is 0.0666 e. The molecule has 2 N–H and O–H groups in total. The standard InChI is InChI=1S/C14H22N2O2/c1-17-9-13-7-8-14(10-18-2)16(13)12-5-3-11(15)4-6-12/h3-6,13-14H,7-10,15H2,1-2H3. The van der Waals surface area contributed by atoms with E-state index in [0.717, 1.165) is 31.7 Å². The second kappa shape index (κ2) is 6.07. The van der Waals surface area contributed by atoms with Gasteiger partial charge in [0, 0.05) is 25.6 Å². The molecule has 0 aromatic heterocycles. The SMILES string of the molecule is COCC1CCC(COC)N1c1ccc(N)cc1. The number of rotatable bonds is 5. The molecule has 0 saturated carbocycles. The molecular weight excluding hydrogens is 228 g/mol. The largest absolute Gasteiger partial charge is 0.399 e. The summed E-state index contributed by atoms with van der Waals surface area (Å²) in [4.78, 5) is 2.41. The smallest absolute Gasteiger partial charge is 0.0666 e. The fourth-order valence-corrected chi connectivity index (χ4v) is 2.74. The molecule has 4 heteroatoms. The van der Waals surface area contributed by atoms with Crippen LogP contribution in [0.2, 0.25) is 0 Å². The van der Waals surface area contributed by atoms with E-state index >= 15 is 0 Å². The van der Waals surface area contributed by atoms with Crippen LogP contribution in [0.4, 0.5) is 11.4 Å². The number of nitrogen functional groups attached to an aromatic ring is 1. The van der Waals surface area contributed by atoms with Gasteiger partial charge in [-0.2, -0.15) is 0 Å². The molecule has 1 heterocycles. The first-order chi connectivity index (χ1) is 8.76. The monoisotopic (exact) mass is 250 g/mol. The maximum atomic E-state index is 5.74. The Bertz CT molecular complexity index is 353. The summed E-state index contributed by atoms with van der Waals surface area (Å²) >= 11 is 0. The maximum absolute atomic E-state index is 5.74. The number of hydrogen-bond acceptors (Lipinski definition) is 4. The van der Waals surface area contributed by atoms with Crippen LogP contribution < -0.4 is 10.6 Å². The van der Waals surface area contributed by atoms with Crippen molar-refractivity contribution in [2.45, 2.75) is 24.9 Å². The van der Waals surface area contributed by atoms with E-state index < -0.39 is 0 Å². The first-order valence-electron chi connectivity index (χ1n) is 6.38. The summed E-state index contributed by atoms with van der Waals surface area (Å²) in [6.07, 6.45) is 2.29. The van der Waals surface area contributed by atoms with Gasteiger partial charge in [0.25, 0.3) is 0 Å². The summed E-state index contributed by atoms with van der Waals surface area (Å²) in [5.41, 5.74) is 7.74. The van der Waals surface area contributed by atoms with Gasteiger partial charge in [0.1, 0.15) is 0 Å². The van der Waals surface area contributed by atoms with Gasteiger partial charge >= 0.3 is 0 Å². The summed E-state index contributed by atoms with van der Waals surface area (Å²) in [5.74, 6) is 0. The molecule has 4 nitrogen and oxygen atoms in total. The van der Waals surface area contributed by atoms with Gasteiger partial charge in [-0.3, -0.25) is 0 Å². The number of benzene rings is 1. The van der Waals surface area contributed by atoms with Gasteiger partial charge in [-0.15, -0.1) is 0 Å². The molecule has 0 amide bonds. The van der Waals surface area contributed by atoms with E-state index in [9.17, 15) is 0 Å². The van der Waals surface area contributed by atoms with Gasteiger partial charge in [-0.25, -0.2) is 0 Å². The Morgan fingerprint density at radius 1 is 1.06 bits per heavy atom. The van der Waals surface area contributed by atoms with Crippen molar-refractivity contribution in [3.63, 3.8) is 0 Å². The van der Waals surface area contributed by atoms with Crippen molar-refractivity contribution >= 4 is 11.4 Å². The molecular formula is C14H22N2O2. The van der Waals surface area contributed by atoms with Crippen LogP contribution in [0.5, 0.6) is 0 Å². The third-order valence-corrected chi connectivity index (χ3v) is 3.53. The Balaban J connectivity index is 2.19. The van der Waals surface area contributed by atoms with Crippen LogP contribution in [0.3, 0.4) is 0 Å². The fourth-order valence-electron chi connectivity index (χ4n) is 2.74. The average molecular weight is 250 g/mol. The van der Waals surface area contributed by atoms with Crippen molar-refractivity contribution in [2.75, 3.05) is 38.1 Å². The number of hydrogen-bond donors (Lipinski definition) is 1. The van der Waals surface area contributed by atoms with E-state index in [2.05, 4.69) is 17.0 Å². The van der Waals surface area contributed by atoms with Gasteiger partial charge in [-0.05, 0) is 37.1 Å². The predicted octanol–water partition coefficient (Wildman–Crippen LogP) is 1.90. The van der Waals surface area contributed by atoms with Crippen LogP contribution in [0.25, 0.3) is 0 Å². The first-order valence-corrected chi connectivity index (χ1v) is 6.38. The Morgan fingerprint density at radius 3 is 2.00 bits per heavy atom. The highest BCUT2D eigenvalue weighted by Gasteiger charge is 2.33. The number of methoxy groups -OCH3 is 2. The number of nitrogens with zero attached hydrogens (tertiary/aromatic N) is 1. The lowest BCUT2D eigenvalue weighted by molar-refractivity contribution is 0.167. The number of nitrogens with two attached hydrogens (primary N) is 1. The first kappa shape index (κ1) is 13.2. The molecule has 0 aliphatic carbocycles. The molecule has 0 spiro atoms. The molecule has 0 radical (unpaired) electrons. The van der Waals surface area contributed by atoms with Crippen LogP contribution in [-0.2, 0) is 9.47 Å². The lowest BCUT2D eigenvalue weighted by atomic mass is 10.2. The average Bonchev–Trinajstić information content (AvgIpc) is 2.75. The summed E-state index contributed by atoms with van der Waals surface area (Å²) in [6.45, 7) is 1.51. The normalized spacial score (nSPS) is 23.6. The Kier molecular flexibility index (Phi) is 4.44. The highest BCUT2D eigenvalue weighted by molar-refractivity contribution is 5.55. The topological polar surface area (TPSA) is 47.7 Å². The molecule has 1 aliphatic heterocycles. The lowest BCUT2D eigenvalue weighted by Gasteiger charge is -2.32. The molecule has 18 heavy (non-hydrogen) atoms. The van der Waals surface area contributed by atoms with Gasteiger partial charge < -0.3 is 20.1 Å². The highest BCUT2D eigenvalue weighted by atomic mass is 16.5. The third kappa shape index (κ3) is 2.76. The summed E-state index contributed by atoms with van der Waals surface area (Å²) in [5, 5.41) is 0. The molecule has 2 atom stereocenters. The number of anilines is 2. The van der Waals surface area contributed by atoms with Crippen LogP contribution in [0, 0.1) is 0 Å². The third-order valence-electron chi connectivity index (χ3n) is 3.53. The number of ether oxygens (including phenoxy) is 2. The fraction of sp³-hybridized carbons (Fsp3) is 0.571. The molecule has 0 bridgehead atoms. The predicted molar refractivity (Wildman–Crippen MR) is 73.9 cm³/mol. The molecule has 1 aromatic carbocycles. The van der Waals surface area contributed by atoms with E-state index in [1.54, 1.807) is 14.2 Å². The molecule has 2 rings (SSSR count). The molecule has 1 saturated heterocycles. The summed E-state index contributed by atoms with van der Waals surface area (Å²) < 4.78 is 10.6. The summed E-state index contributed by atoms with van der Waals surface area (Å²) in [7, 11) is 3.51. The second-order valence-corrected chi connectivity index (χ2v) is 4.79. The van der Waals surface area contributed by atoms with Crippen LogP contribution in [0.15, 0.2) is 24.3 Å². The molecule has 1 fully saturated rings. The van der Waals surface area contributed by atoms with Gasteiger partial charge in [0.05, 0.1) is 25.3 Å². The van der Waals surface area contributed by atoms with Crippen molar-refractivity contribution in [3.8, 4) is 0 Å². The van der Waals surface area contributed by atoms with E-state index in [1.807, 2.05) is 12.1 Å². The van der Waals surface area contributed by atoms with Gasteiger partial charge in [-0.1, -0.05) is 0 Å². The van der Waals surface area contributed by atoms with Crippen molar-refractivity contribution in [1.29, 1.82) is 0 Å². The molecule has 100 valence electrons. The zero-order valence-corrected chi connectivity index (χ0v) is 11.1. The zero-order valence-electron chi connectivity index (χ0n) is 11.1. The summed E-state index contributed by atoms with van der Waals surface area (Å²) in [6, 6.07) is 8.90. The van der Waals surface area contributed by atoms with Crippen LogP contribution in [-0.4, -0.2) is 39.5 Å². The Labute approximate surface area is 109 Å². The highest BCUT2D eigenvalue weighted by Crippen LogP contribution is 2.31. The van der Waals surface area contributed by atoms with E-state index in [-0.39, 0.29) is 0 Å². The van der Waals surface area contributed by atoms with Crippen LogP contribution in [0.1, 0.15) is 12.8 Å². The van der Waals surface area contributed by atoms with Gasteiger partial charge in [0.2, 0.25) is 0 Å². The van der Waals surface area contributed by atoms with Crippen LogP contribution >= 0.6 is 0 Å². The lowest BCUT2D eigenvalue weighted by Crippen LogP contribution is -2.40. The minimum Gasteiger partial charge on any atom is -0.399 e. The zero-order chi connectivity index (χ0) is 13.0. The van der Waals surface area contributed by atoms with Crippen molar-refractivity contribution in [2.24, 2.45) is 0 Å². The molecule has 2 unspecified atom stereocenters. The quantitative estimate of drug-likeness (QED) is 0.811. The van der Waals surface area contributed by atoms with E-state index in [1.165, 1.54) is 5.69 Å². The molecule has 1 aromatic rings. The van der Waals surface area contributed by atoms with E-state index in [0.29, 0.717) is 12.1 Å². The minimum absolute atomic E-state index is 0.429. The second-order valence-electron chi connectivity index (χ2n) is 4.79. The van der Waals surface area contributed by atoms with Crippen molar-refractivity contribution in [1.82, 2.24) is 0 Å². The van der Waals surface area contributed by atoms with Crippen molar-refractivity contribution in [3.05, 3.63) is 24.3 Å². The van der Waals surface area contributed by atoms with Crippen molar-refractivity contribution < 1.29 is 9.47 Å². The minimum atomic E-state index is 0.429. The Morgan fingerprint density at radius 2 is 1.56 bits per heavy atom. The van der Waals surface area contributed by atoms with Gasteiger partial charge in [0.15, 0.2) is 0 Å². The Hall–Kier alpha value is -1.26. The van der Waals surface area contributed by atoms with E-state index in [4.69, 9.17) is 15.2 Å².